The Morgan fingerprint density at radius 3 is 2.61 bits per heavy atom. The third-order valence-corrected chi connectivity index (χ3v) is 3.29. The summed E-state index contributed by atoms with van der Waals surface area (Å²) in [6.45, 7) is 1.75. The summed E-state index contributed by atoms with van der Waals surface area (Å²) in [6.07, 6.45) is -6.16. The molecule has 1 N–H and O–H groups in total. The fraction of sp³-hybridized carbons (Fsp3) is 0.385. The lowest BCUT2D eigenvalue weighted by Gasteiger charge is -2.05. The minimum Gasteiger partial charge on any atom is -0.454 e. The molecule has 0 saturated carbocycles. The Balaban J connectivity index is 2.29. The van der Waals surface area contributed by atoms with Crippen LogP contribution in [-0.4, -0.2) is 22.2 Å². The van der Waals surface area contributed by atoms with Crippen LogP contribution in [0.5, 0.6) is 0 Å². The van der Waals surface area contributed by atoms with E-state index in [2.05, 4.69) is 10.4 Å². The van der Waals surface area contributed by atoms with Gasteiger partial charge < -0.3 is 9.73 Å². The van der Waals surface area contributed by atoms with Gasteiger partial charge in [-0.25, -0.2) is 17.6 Å². The maximum atomic E-state index is 13.0. The Morgan fingerprint density at radius 2 is 2.04 bits per heavy atom. The summed E-state index contributed by atoms with van der Waals surface area (Å²) < 4.78 is 57.4. The number of halogens is 5. The van der Waals surface area contributed by atoms with Crippen LogP contribution in [0.2, 0.25) is 5.02 Å². The lowest BCUT2D eigenvalue weighted by Crippen LogP contribution is -2.21. The number of rotatable bonds is 6. The first-order chi connectivity index (χ1) is 10.8. The van der Waals surface area contributed by atoms with E-state index in [0.717, 1.165) is 0 Å². The molecule has 5 nitrogen and oxygen atoms in total. The maximum Gasteiger partial charge on any atom is 0.286 e. The number of furan rings is 1. The molecular weight excluding hydrogens is 342 g/mol. The van der Waals surface area contributed by atoms with Crippen molar-refractivity contribution in [1.82, 2.24) is 15.1 Å². The Labute approximate surface area is 133 Å². The Morgan fingerprint density at radius 1 is 1.35 bits per heavy atom. The van der Waals surface area contributed by atoms with Crippen LogP contribution in [-0.2, 0) is 6.54 Å². The molecule has 0 saturated heterocycles. The van der Waals surface area contributed by atoms with Crippen molar-refractivity contribution in [2.24, 2.45) is 0 Å². The minimum absolute atomic E-state index is 0.0206. The molecule has 126 valence electrons. The summed E-state index contributed by atoms with van der Waals surface area (Å²) >= 11 is 5.54. The van der Waals surface area contributed by atoms with Crippen LogP contribution in [0, 0.1) is 0 Å². The molecule has 2 heterocycles. The van der Waals surface area contributed by atoms with Crippen molar-refractivity contribution in [3.8, 4) is 0 Å². The number of nitrogens with one attached hydrogen (secondary N) is 1. The van der Waals surface area contributed by atoms with Crippen molar-refractivity contribution in [3.05, 3.63) is 40.1 Å². The average Bonchev–Trinajstić information content (AvgIpc) is 3.04. The van der Waals surface area contributed by atoms with Gasteiger partial charge in [0.15, 0.2) is 5.76 Å². The first-order valence-electron chi connectivity index (χ1n) is 6.54. The number of amides is 1. The second-order valence-electron chi connectivity index (χ2n) is 4.47. The van der Waals surface area contributed by atoms with Crippen LogP contribution < -0.4 is 5.32 Å². The SMILES string of the molecule is CCNC(=O)c1ccc(Cn2nc(C(F)F)c(Cl)c2C(F)F)o1. The zero-order chi connectivity index (χ0) is 17.1. The molecule has 0 aromatic carbocycles. The number of carbonyl (C=O) groups excluding carboxylic acids is 1. The van der Waals surface area contributed by atoms with E-state index >= 15 is 0 Å². The van der Waals surface area contributed by atoms with Gasteiger partial charge in [-0.05, 0) is 19.1 Å². The third-order valence-electron chi connectivity index (χ3n) is 2.90. The number of aromatic nitrogens is 2. The van der Waals surface area contributed by atoms with Crippen molar-refractivity contribution >= 4 is 17.5 Å². The zero-order valence-electron chi connectivity index (χ0n) is 11.8. The first-order valence-corrected chi connectivity index (χ1v) is 6.92. The van der Waals surface area contributed by atoms with Crippen molar-refractivity contribution < 1.29 is 26.8 Å². The van der Waals surface area contributed by atoms with Gasteiger partial charge in [-0.3, -0.25) is 9.48 Å². The number of hydrogen-bond acceptors (Lipinski definition) is 3. The molecule has 0 aliphatic heterocycles. The largest absolute Gasteiger partial charge is 0.454 e. The molecule has 2 aromatic rings. The normalized spacial score (nSPS) is 11.5. The lowest BCUT2D eigenvalue weighted by molar-refractivity contribution is 0.0925. The first kappa shape index (κ1) is 17.3. The fourth-order valence-corrected chi connectivity index (χ4v) is 2.22. The topological polar surface area (TPSA) is 60.1 Å². The van der Waals surface area contributed by atoms with E-state index in [1.165, 1.54) is 12.1 Å². The zero-order valence-corrected chi connectivity index (χ0v) is 12.6. The summed E-state index contributed by atoms with van der Waals surface area (Å²) in [7, 11) is 0. The predicted molar refractivity (Wildman–Crippen MR) is 73.0 cm³/mol. The van der Waals surface area contributed by atoms with Crippen molar-refractivity contribution in [3.63, 3.8) is 0 Å². The summed E-state index contributed by atoms with van der Waals surface area (Å²) in [4.78, 5) is 11.6. The van der Waals surface area contributed by atoms with Crippen LogP contribution in [0.1, 0.15) is 47.5 Å². The van der Waals surface area contributed by atoms with Gasteiger partial charge in [0.1, 0.15) is 17.1 Å². The summed E-state index contributed by atoms with van der Waals surface area (Å²) in [6, 6.07) is 2.72. The molecule has 0 aliphatic rings. The van der Waals surface area contributed by atoms with E-state index in [1.807, 2.05) is 0 Å². The van der Waals surface area contributed by atoms with Crippen molar-refractivity contribution in [2.45, 2.75) is 26.3 Å². The average molecular weight is 354 g/mol. The summed E-state index contributed by atoms with van der Waals surface area (Å²) in [5, 5.41) is 5.14. The highest BCUT2D eigenvalue weighted by atomic mass is 35.5. The summed E-state index contributed by atoms with van der Waals surface area (Å²) in [5.41, 5.74) is -1.74. The molecule has 0 bridgehead atoms. The fourth-order valence-electron chi connectivity index (χ4n) is 1.92. The second-order valence-corrected chi connectivity index (χ2v) is 4.85. The molecular formula is C13H12ClF4N3O2. The molecule has 0 atom stereocenters. The molecule has 2 rings (SSSR count). The van der Waals surface area contributed by atoms with Crippen molar-refractivity contribution in [2.75, 3.05) is 6.54 Å². The molecule has 0 aliphatic carbocycles. The van der Waals surface area contributed by atoms with Crippen LogP contribution in [0.4, 0.5) is 17.6 Å². The van der Waals surface area contributed by atoms with Crippen LogP contribution in [0.3, 0.4) is 0 Å². The molecule has 2 aromatic heterocycles. The molecule has 0 spiro atoms. The second kappa shape index (κ2) is 7.03. The van der Waals surface area contributed by atoms with E-state index in [4.69, 9.17) is 16.0 Å². The highest BCUT2D eigenvalue weighted by Crippen LogP contribution is 2.34. The van der Waals surface area contributed by atoms with Gasteiger partial charge >= 0.3 is 0 Å². The number of carbonyl (C=O) groups is 1. The smallest absolute Gasteiger partial charge is 0.286 e. The number of alkyl halides is 4. The Hall–Kier alpha value is -2.03. The van der Waals surface area contributed by atoms with Gasteiger partial charge in [0.25, 0.3) is 18.8 Å². The quantitative estimate of drug-likeness (QED) is 0.803. The van der Waals surface area contributed by atoms with Crippen LogP contribution in [0.15, 0.2) is 16.5 Å². The summed E-state index contributed by atoms with van der Waals surface area (Å²) in [5.74, 6) is -0.388. The standard InChI is InChI=1S/C13H12ClF4N3O2/c1-2-19-13(22)7-4-3-6(23-7)5-21-10(12(17)18)8(14)9(20-21)11(15)16/h3-4,11-12H,2,5H2,1H3,(H,19,22). The van der Waals surface area contributed by atoms with E-state index in [1.54, 1.807) is 6.92 Å². The van der Waals surface area contributed by atoms with E-state index in [-0.39, 0.29) is 18.1 Å². The molecule has 10 heteroatoms. The van der Waals surface area contributed by atoms with Gasteiger partial charge in [0, 0.05) is 6.54 Å². The number of nitrogens with zero attached hydrogens (tertiary/aromatic N) is 2. The predicted octanol–water partition coefficient (Wildman–Crippen LogP) is 3.80. The Bertz CT molecular complexity index is 699. The highest BCUT2D eigenvalue weighted by Gasteiger charge is 2.28. The molecule has 0 fully saturated rings. The van der Waals surface area contributed by atoms with Crippen molar-refractivity contribution in [1.29, 1.82) is 0 Å². The lowest BCUT2D eigenvalue weighted by atomic mass is 10.3. The van der Waals surface area contributed by atoms with Gasteiger partial charge in [-0.15, -0.1) is 0 Å². The van der Waals surface area contributed by atoms with Gasteiger partial charge in [0.05, 0.1) is 11.6 Å². The maximum absolute atomic E-state index is 13.0. The third kappa shape index (κ3) is 3.66. The Kier molecular flexibility index (Phi) is 5.30. The number of hydrogen-bond donors (Lipinski definition) is 1. The van der Waals surface area contributed by atoms with Gasteiger partial charge in [0.2, 0.25) is 0 Å². The monoisotopic (exact) mass is 353 g/mol. The van der Waals surface area contributed by atoms with E-state index in [9.17, 15) is 22.4 Å². The van der Waals surface area contributed by atoms with Crippen LogP contribution >= 0.6 is 11.6 Å². The minimum atomic E-state index is -3.08. The highest BCUT2D eigenvalue weighted by molar-refractivity contribution is 6.32. The molecule has 0 unspecified atom stereocenters. The molecule has 0 radical (unpaired) electrons. The molecule has 23 heavy (non-hydrogen) atoms. The van der Waals surface area contributed by atoms with Gasteiger partial charge in [-0.1, -0.05) is 11.6 Å². The van der Waals surface area contributed by atoms with Gasteiger partial charge in [-0.2, -0.15) is 5.10 Å². The van der Waals surface area contributed by atoms with E-state index < -0.39 is 35.2 Å². The van der Waals surface area contributed by atoms with E-state index in [0.29, 0.717) is 11.2 Å². The van der Waals surface area contributed by atoms with Crippen LogP contribution in [0.25, 0.3) is 0 Å². The molecule has 1 amide bonds.